The van der Waals surface area contributed by atoms with Gasteiger partial charge in [-0.2, -0.15) is 0 Å². The van der Waals surface area contributed by atoms with Gasteiger partial charge in [0, 0.05) is 18.8 Å². The summed E-state index contributed by atoms with van der Waals surface area (Å²) in [7, 11) is 1.74. The van der Waals surface area contributed by atoms with E-state index in [9.17, 15) is 0 Å². The molecule has 0 saturated carbocycles. The number of aryl methyl sites for hydroxylation is 1. The molecule has 0 spiro atoms. The van der Waals surface area contributed by atoms with Crippen LogP contribution in [0.5, 0.6) is 0 Å². The van der Waals surface area contributed by atoms with Crippen LogP contribution in [0.1, 0.15) is 29.7 Å². The summed E-state index contributed by atoms with van der Waals surface area (Å²) in [6.45, 7) is 5.11. The zero-order valence-corrected chi connectivity index (χ0v) is 12.5. The summed E-state index contributed by atoms with van der Waals surface area (Å²) >= 11 is 0. The number of hydrogen-bond donors (Lipinski definition) is 1. The maximum atomic E-state index is 5.18. The molecule has 0 aliphatic rings. The molecule has 20 heavy (non-hydrogen) atoms. The molecule has 2 heteroatoms. The van der Waals surface area contributed by atoms with E-state index in [4.69, 9.17) is 4.74 Å². The third kappa shape index (κ3) is 3.61. The molecule has 0 saturated heterocycles. The van der Waals surface area contributed by atoms with Crippen molar-refractivity contribution < 1.29 is 4.74 Å². The van der Waals surface area contributed by atoms with Crippen LogP contribution in [-0.2, 0) is 11.2 Å². The van der Waals surface area contributed by atoms with Crippen molar-refractivity contribution in [2.24, 2.45) is 0 Å². The Morgan fingerprint density at radius 3 is 2.50 bits per heavy atom. The van der Waals surface area contributed by atoms with Crippen LogP contribution in [0.4, 0.5) is 5.69 Å². The molecular formula is C18H23NO. The predicted molar refractivity (Wildman–Crippen MR) is 85.2 cm³/mol. The second-order valence-electron chi connectivity index (χ2n) is 5.12. The van der Waals surface area contributed by atoms with Gasteiger partial charge < -0.3 is 10.1 Å². The molecule has 0 fully saturated rings. The number of hydrogen-bond acceptors (Lipinski definition) is 2. The summed E-state index contributed by atoms with van der Waals surface area (Å²) in [6, 6.07) is 17.3. The summed E-state index contributed by atoms with van der Waals surface area (Å²) < 4.78 is 5.18. The fourth-order valence-electron chi connectivity index (χ4n) is 2.47. The molecule has 1 unspecified atom stereocenters. The van der Waals surface area contributed by atoms with Crippen molar-refractivity contribution in [3.63, 3.8) is 0 Å². The van der Waals surface area contributed by atoms with Crippen molar-refractivity contribution in [1.82, 2.24) is 0 Å². The number of benzene rings is 2. The third-order valence-electron chi connectivity index (χ3n) is 3.62. The Labute approximate surface area is 121 Å². The molecule has 2 aromatic carbocycles. The van der Waals surface area contributed by atoms with Crippen molar-refractivity contribution in [3.8, 4) is 0 Å². The average Bonchev–Trinajstić information content (AvgIpc) is 2.46. The third-order valence-corrected chi connectivity index (χ3v) is 3.62. The summed E-state index contributed by atoms with van der Waals surface area (Å²) in [5, 5.41) is 3.62. The molecule has 2 nitrogen and oxygen atoms in total. The van der Waals surface area contributed by atoms with E-state index in [1.54, 1.807) is 7.11 Å². The lowest BCUT2D eigenvalue weighted by Crippen LogP contribution is -2.10. The van der Waals surface area contributed by atoms with E-state index in [1.807, 2.05) is 0 Å². The molecule has 0 heterocycles. The molecule has 0 aliphatic heterocycles. The molecule has 0 aromatic heterocycles. The van der Waals surface area contributed by atoms with Gasteiger partial charge in [0.05, 0.1) is 6.61 Å². The molecule has 0 bridgehead atoms. The fourth-order valence-corrected chi connectivity index (χ4v) is 2.47. The van der Waals surface area contributed by atoms with E-state index < -0.39 is 0 Å². The van der Waals surface area contributed by atoms with Crippen LogP contribution in [0.15, 0.2) is 48.5 Å². The van der Waals surface area contributed by atoms with Crippen molar-refractivity contribution in [1.29, 1.82) is 0 Å². The maximum Gasteiger partial charge on any atom is 0.0503 e. The van der Waals surface area contributed by atoms with Crippen molar-refractivity contribution in [3.05, 3.63) is 65.2 Å². The van der Waals surface area contributed by atoms with E-state index in [0.717, 1.165) is 13.0 Å². The van der Waals surface area contributed by atoms with Gasteiger partial charge in [0.1, 0.15) is 0 Å². The monoisotopic (exact) mass is 269 g/mol. The standard InChI is InChI=1S/C18H23NO/c1-14-8-4-6-10-17(14)15(2)19-18-11-7-5-9-16(18)12-13-20-3/h4-11,15,19H,12-13H2,1-3H3. The van der Waals surface area contributed by atoms with Crippen molar-refractivity contribution in [2.45, 2.75) is 26.3 Å². The Hall–Kier alpha value is -1.80. The van der Waals surface area contributed by atoms with Crippen LogP contribution in [-0.4, -0.2) is 13.7 Å². The van der Waals surface area contributed by atoms with Gasteiger partial charge in [-0.15, -0.1) is 0 Å². The second kappa shape index (κ2) is 7.11. The highest BCUT2D eigenvalue weighted by molar-refractivity contribution is 5.53. The number of methoxy groups -OCH3 is 1. The maximum absolute atomic E-state index is 5.18. The lowest BCUT2D eigenvalue weighted by Gasteiger charge is -2.20. The van der Waals surface area contributed by atoms with Crippen LogP contribution in [0.2, 0.25) is 0 Å². The Bertz CT molecular complexity index is 551. The number of ether oxygens (including phenoxy) is 1. The lowest BCUT2D eigenvalue weighted by atomic mass is 10.0. The molecule has 2 aromatic rings. The Morgan fingerprint density at radius 2 is 1.75 bits per heavy atom. The highest BCUT2D eigenvalue weighted by Crippen LogP contribution is 2.24. The molecule has 2 rings (SSSR count). The highest BCUT2D eigenvalue weighted by atomic mass is 16.5. The summed E-state index contributed by atoms with van der Waals surface area (Å²) in [5.41, 5.74) is 5.16. The van der Waals surface area contributed by atoms with Crippen molar-refractivity contribution >= 4 is 5.69 Å². The molecule has 0 aliphatic carbocycles. The molecular weight excluding hydrogens is 246 g/mol. The van der Waals surface area contributed by atoms with Crippen LogP contribution in [0.3, 0.4) is 0 Å². The first-order valence-electron chi connectivity index (χ1n) is 7.11. The van der Waals surface area contributed by atoms with Gasteiger partial charge in [0.15, 0.2) is 0 Å². The van der Waals surface area contributed by atoms with Gasteiger partial charge in [0.25, 0.3) is 0 Å². The first-order chi connectivity index (χ1) is 9.72. The molecule has 1 atom stereocenters. The Morgan fingerprint density at radius 1 is 1.05 bits per heavy atom. The minimum atomic E-state index is 0.292. The first-order valence-corrected chi connectivity index (χ1v) is 7.11. The van der Waals surface area contributed by atoms with E-state index in [0.29, 0.717) is 6.04 Å². The first kappa shape index (κ1) is 14.6. The minimum absolute atomic E-state index is 0.292. The van der Waals surface area contributed by atoms with Gasteiger partial charge in [-0.05, 0) is 43.0 Å². The normalized spacial score (nSPS) is 12.2. The zero-order valence-electron chi connectivity index (χ0n) is 12.5. The minimum Gasteiger partial charge on any atom is -0.384 e. The number of para-hydroxylation sites is 1. The van der Waals surface area contributed by atoms with E-state index >= 15 is 0 Å². The van der Waals surface area contributed by atoms with Gasteiger partial charge in [-0.1, -0.05) is 42.5 Å². The lowest BCUT2D eigenvalue weighted by molar-refractivity contribution is 0.202. The number of anilines is 1. The van der Waals surface area contributed by atoms with Crippen LogP contribution >= 0.6 is 0 Å². The van der Waals surface area contributed by atoms with Crippen LogP contribution in [0.25, 0.3) is 0 Å². The van der Waals surface area contributed by atoms with E-state index in [-0.39, 0.29) is 0 Å². The van der Waals surface area contributed by atoms with Gasteiger partial charge in [-0.3, -0.25) is 0 Å². The average molecular weight is 269 g/mol. The molecule has 0 amide bonds. The van der Waals surface area contributed by atoms with Crippen LogP contribution < -0.4 is 5.32 Å². The molecule has 1 N–H and O–H groups in total. The number of rotatable bonds is 6. The van der Waals surface area contributed by atoms with Crippen LogP contribution in [0, 0.1) is 6.92 Å². The van der Waals surface area contributed by atoms with Gasteiger partial charge in [-0.25, -0.2) is 0 Å². The zero-order chi connectivity index (χ0) is 14.4. The van der Waals surface area contributed by atoms with Crippen molar-refractivity contribution in [2.75, 3.05) is 19.0 Å². The van der Waals surface area contributed by atoms with Gasteiger partial charge in [0.2, 0.25) is 0 Å². The molecule has 106 valence electrons. The molecule has 0 radical (unpaired) electrons. The SMILES string of the molecule is COCCc1ccccc1NC(C)c1ccccc1C. The largest absolute Gasteiger partial charge is 0.384 e. The second-order valence-corrected chi connectivity index (χ2v) is 5.12. The predicted octanol–water partition coefficient (Wildman–Crippen LogP) is 4.36. The van der Waals surface area contributed by atoms with E-state index in [1.165, 1.54) is 22.4 Å². The topological polar surface area (TPSA) is 21.3 Å². The highest BCUT2D eigenvalue weighted by Gasteiger charge is 2.09. The number of nitrogens with one attached hydrogen (secondary N) is 1. The van der Waals surface area contributed by atoms with Gasteiger partial charge >= 0.3 is 0 Å². The summed E-state index contributed by atoms with van der Waals surface area (Å²) in [6.07, 6.45) is 0.931. The Balaban J connectivity index is 2.15. The quantitative estimate of drug-likeness (QED) is 0.841. The summed E-state index contributed by atoms with van der Waals surface area (Å²) in [4.78, 5) is 0. The smallest absolute Gasteiger partial charge is 0.0503 e. The fraction of sp³-hybridized carbons (Fsp3) is 0.333. The Kier molecular flexibility index (Phi) is 5.19. The van der Waals surface area contributed by atoms with E-state index in [2.05, 4.69) is 67.7 Å². The summed E-state index contributed by atoms with van der Waals surface area (Å²) in [5.74, 6) is 0.